The van der Waals surface area contributed by atoms with Crippen molar-refractivity contribution in [1.29, 1.82) is 0 Å². The van der Waals surface area contributed by atoms with Gasteiger partial charge in [0.1, 0.15) is 10.3 Å². The first-order valence-electron chi connectivity index (χ1n) is 4.59. The third-order valence-electron chi connectivity index (χ3n) is 1.93. The number of methoxy groups -OCH3 is 1. The molecule has 0 fully saturated rings. The van der Waals surface area contributed by atoms with Gasteiger partial charge in [-0.3, -0.25) is 9.59 Å². The van der Waals surface area contributed by atoms with Crippen molar-refractivity contribution in [3.05, 3.63) is 15.7 Å². The minimum absolute atomic E-state index is 0.106. The molecule has 0 saturated heterocycles. The van der Waals surface area contributed by atoms with Gasteiger partial charge >= 0.3 is 0 Å². The van der Waals surface area contributed by atoms with Gasteiger partial charge < -0.3 is 4.74 Å². The van der Waals surface area contributed by atoms with Crippen LogP contribution in [0.2, 0.25) is 5.02 Å². The van der Waals surface area contributed by atoms with Gasteiger partial charge in [-0.15, -0.1) is 0 Å². The van der Waals surface area contributed by atoms with Crippen LogP contribution in [-0.2, 0) is 9.59 Å². The van der Waals surface area contributed by atoms with Gasteiger partial charge in [-0.1, -0.05) is 11.6 Å². The van der Waals surface area contributed by atoms with Crippen molar-refractivity contribution in [1.82, 2.24) is 4.98 Å². The molecule has 0 aliphatic carbocycles. The molecule has 1 aromatic rings. The zero-order valence-corrected chi connectivity index (χ0v) is 11.8. The van der Waals surface area contributed by atoms with E-state index in [-0.39, 0.29) is 16.6 Å². The van der Waals surface area contributed by atoms with Gasteiger partial charge in [-0.05, 0) is 22.0 Å². The van der Waals surface area contributed by atoms with Gasteiger partial charge in [-0.25, -0.2) is 9.88 Å². The summed E-state index contributed by atoms with van der Waals surface area (Å²) in [5, 5.41) is 0.203. The quantitative estimate of drug-likeness (QED) is 0.785. The Morgan fingerprint density at radius 2 is 1.94 bits per heavy atom. The van der Waals surface area contributed by atoms with Crippen LogP contribution < -0.4 is 9.64 Å². The molecule has 17 heavy (non-hydrogen) atoms. The molecule has 1 aromatic heterocycles. The van der Waals surface area contributed by atoms with Crippen molar-refractivity contribution in [2.45, 2.75) is 13.8 Å². The first-order valence-corrected chi connectivity index (χ1v) is 5.76. The number of hydrogen-bond donors (Lipinski definition) is 0. The molecule has 0 spiro atoms. The molecule has 0 N–H and O–H groups in total. The lowest BCUT2D eigenvalue weighted by Gasteiger charge is -2.20. The van der Waals surface area contributed by atoms with Gasteiger partial charge in [0.15, 0.2) is 0 Å². The van der Waals surface area contributed by atoms with Crippen LogP contribution in [0.1, 0.15) is 13.8 Å². The number of anilines is 1. The Kier molecular flexibility index (Phi) is 4.47. The molecule has 0 saturated carbocycles. The fraction of sp³-hybridized carbons (Fsp3) is 0.300. The topological polar surface area (TPSA) is 59.5 Å². The van der Waals surface area contributed by atoms with Gasteiger partial charge in [0.2, 0.25) is 17.7 Å². The zero-order valence-electron chi connectivity index (χ0n) is 9.45. The van der Waals surface area contributed by atoms with Gasteiger partial charge in [0.25, 0.3) is 0 Å². The third kappa shape index (κ3) is 2.95. The molecular weight excluding hydrogens is 311 g/mol. The number of hydrogen-bond acceptors (Lipinski definition) is 4. The normalized spacial score (nSPS) is 9.94. The van der Waals surface area contributed by atoms with E-state index >= 15 is 0 Å². The fourth-order valence-electron chi connectivity index (χ4n) is 1.34. The second-order valence-corrected chi connectivity index (χ2v) is 4.38. The number of halogens is 2. The number of aromatic nitrogens is 1. The second-order valence-electron chi connectivity index (χ2n) is 3.16. The van der Waals surface area contributed by atoms with E-state index in [9.17, 15) is 9.59 Å². The van der Waals surface area contributed by atoms with Crippen molar-refractivity contribution in [3.8, 4) is 5.88 Å². The number of pyridine rings is 1. The van der Waals surface area contributed by atoms with Crippen molar-refractivity contribution in [3.63, 3.8) is 0 Å². The molecule has 92 valence electrons. The molecule has 5 nitrogen and oxygen atoms in total. The second kappa shape index (κ2) is 5.46. The summed E-state index contributed by atoms with van der Waals surface area (Å²) in [7, 11) is 1.38. The summed E-state index contributed by atoms with van der Waals surface area (Å²) in [6.45, 7) is 2.53. The lowest BCUT2D eigenvalue weighted by molar-refractivity contribution is -0.124. The first kappa shape index (κ1) is 13.9. The summed E-state index contributed by atoms with van der Waals surface area (Å²) >= 11 is 9.15. The molecule has 1 heterocycles. The van der Waals surface area contributed by atoms with Crippen LogP contribution in [0.4, 0.5) is 5.69 Å². The SMILES string of the molecule is COc1nc(Br)cc(Cl)c1N(C(C)=O)C(C)=O. The number of amides is 2. The average Bonchev–Trinajstić information content (AvgIpc) is 2.20. The molecule has 0 aromatic carbocycles. The molecule has 0 radical (unpaired) electrons. The highest BCUT2D eigenvalue weighted by molar-refractivity contribution is 9.10. The van der Waals surface area contributed by atoms with E-state index in [0.717, 1.165) is 4.90 Å². The lowest BCUT2D eigenvalue weighted by atomic mass is 10.3. The molecule has 0 aliphatic rings. The summed E-state index contributed by atoms with van der Waals surface area (Å²) in [6.07, 6.45) is 0. The maximum absolute atomic E-state index is 11.4. The minimum Gasteiger partial charge on any atom is -0.479 e. The van der Waals surface area contributed by atoms with E-state index < -0.39 is 11.8 Å². The Balaban J connectivity index is 3.47. The molecule has 0 atom stereocenters. The van der Waals surface area contributed by atoms with Crippen molar-refractivity contribution >= 4 is 45.0 Å². The highest BCUT2D eigenvalue weighted by Gasteiger charge is 2.24. The van der Waals surface area contributed by atoms with Crippen LogP contribution in [0.25, 0.3) is 0 Å². The summed E-state index contributed by atoms with van der Waals surface area (Å²) in [5.41, 5.74) is 0.150. The maximum atomic E-state index is 11.4. The predicted molar refractivity (Wildman–Crippen MR) is 67.3 cm³/mol. The highest BCUT2D eigenvalue weighted by Crippen LogP contribution is 2.36. The highest BCUT2D eigenvalue weighted by atomic mass is 79.9. The lowest BCUT2D eigenvalue weighted by Crippen LogP contribution is -2.33. The fourth-order valence-corrected chi connectivity index (χ4v) is 2.13. The number of nitrogens with zero attached hydrogens (tertiary/aromatic N) is 2. The van der Waals surface area contributed by atoms with Crippen molar-refractivity contribution in [2.24, 2.45) is 0 Å². The number of carbonyl (C=O) groups excluding carboxylic acids is 2. The third-order valence-corrected chi connectivity index (χ3v) is 2.62. The van der Waals surface area contributed by atoms with Crippen LogP contribution in [0.5, 0.6) is 5.88 Å². The molecule has 0 unspecified atom stereocenters. The summed E-state index contributed by atoms with van der Waals surface area (Å²) in [6, 6.07) is 1.48. The van der Waals surface area contributed by atoms with Gasteiger partial charge in [0.05, 0.1) is 12.1 Å². The Morgan fingerprint density at radius 1 is 1.41 bits per heavy atom. The molecule has 1 rings (SSSR count). The number of carbonyl (C=O) groups is 2. The Labute approximate surface area is 112 Å². The van der Waals surface area contributed by atoms with Crippen LogP contribution in [-0.4, -0.2) is 23.9 Å². The largest absolute Gasteiger partial charge is 0.479 e. The smallest absolute Gasteiger partial charge is 0.240 e. The van der Waals surface area contributed by atoms with E-state index in [1.807, 2.05) is 0 Å². The predicted octanol–water partition coefficient (Wildman–Crippen LogP) is 2.41. The molecule has 0 aliphatic heterocycles. The van der Waals surface area contributed by atoms with E-state index in [2.05, 4.69) is 20.9 Å². The van der Waals surface area contributed by atoms with Gasteiger partial charge in [-0.2, -0.15) is 0 Å². The average molecular weight is 322 g/mol. The maximum Gasteiger partial charge on any atom is 0.240 e. The van der Waals surface area contributed by atoms with Crippen LogP contribution in [0.15, 0.2) is 10.7 Å². The zero-order chi connectivity index (χ0) is 13.2. The summed E-state index contributed by atoms with van der Waals surface area (Å²) in [4.78, 5) is 27.8. The van der Waals surface area contributed by atoms with Crippen LogP contribution in [0, 0.1) is 0 Å². The van der Waals surface area contributed by atoms with Gasteiger partial charge in [0, 0.05) is 13.8 Å². The van der Waals surface area contributed by atoms with Crippen LogP contribution in [0.3, 0.4) is 0 Å². The molecule has 7 heteroatoms. The monoisotopic (exact) mass is 320 g/mol. The van der Waals surface area contributed by atoms with Crippen molar-refractivity contribution in [2.75, 3.05) is 12.0 Å². The summed E-state index contributed by atoms with van der Waals surface area (Å²) < 4.78 is 5.47. The van der Waals surface area contributed by atoms with Crippen molar-refractivity contribution < 1.29 is 14.3 Å². The van der Waals surface area contributed by atoms with E-state index in [0.29, 0.717) is 4.60 Å². The minimum atomic E-state index is -0.457. The molecular formula is C10H10BrClN2O3. The molecule has 2 amide bonds. The number of ether oxygens (including phenoxy) is 1. The molecule has 0 bridgehead atoms. The standard InChI is InChI=1S/C10H10BrClN2O3/c1-5(15)14(6(2)16)9-7(12)4-8(11)13-10(9)17-3/h4H,1-3H3. The van der Waals surface area contributed by atoms with E-state index in [1.54, 1.807) is 0 Å². The number of rotatable bonds is 2. The Morgan fingerprint density at radius 3 is 2.35 bits per heavy atom. The number of imide groups is 1. The first-order chi connectivity index (χ1) is 7.88. The van der Waals surface area contributed by atoms with Crippen LogP contribution >= 0.6 is 27.5 Å². The Hall–Kier alpha value is -1.14. The van der Waals surface area contributed by atoms with E-state index in [4.69, 9.17) is 16.3 Å². The Bertz CT molecular complexity index is 465. The van der Waals surface area contributed by atoms with E-state index in [1.165, 1.54) is 27.0 Å². The summed E-state index contributed by atoms with van der Waals surface area (Å²) in [5.74, 6) is -0.807.